The molecule has 0 heterocycles. The predicted octanol–water partition coefficient (Wildman–Crippen LogP) is 5.45. The lowest BCUT2D eigenvalue weighted by molar-refractivity contribution is -0.290. The van der Waals surface area contributed by atoms with Gasteiger partial charge in [0.15, 0.2) is 22.8 Å². The largest absolute Gasteiger partial charge is 0.387 e. The van der Waals surface area contributed by atoms with Crippen LogP contribution in [0.5, 0.6) is 0 Å². The van der Waals surface area contributed by atoms with Crippen LogP contribution in [0, 0.1) is 0 Å². The van der Waals surface area contributed by atoms with E-state index < -0.39 is 47.2 Å². The van der Waals surface area contributed by atoms with Crippen LogP contribution in [0.4, 0.5) is 0 Å². The molecule has 0 bridgehead atoms. The van der Waals surface area contributed by atoms with E-state index >= 15 is 0 Å². The molecular weight excluding hydrogens is 536 g/mol. The third-order valence-electron chi connectivity index (χ3n) is 9.30. The third kappa shape index (κ3) is 11.6. The molecular formula is C34H64O8. The summed E-state index contributed by atoms with van der Waals surface area (Å²) in [5.41, 5.74) is -6.23. The molecule has 0 aliphatic heterocycles. The van der Waals surface area contributed by atoms with Crippen molar-refractivity contribution in [1.29, 1.82) is 0 Å². The molecule has 6 unspecified atom stereocenters. The van der Waals surface area contributed by atoms with Crippen molar-refractivity contribution in [2.45, 2.75) is 204 Å². The highest BCUT2D eigenvalue weighted by Crippen LogP contribution is 2.42. The second kappa shape index (κ2) is 21.7. The molecule has 8 heteroatoms. The van der Waals surface area contributed by atoms with Crippen molar-refractivity contribution in [2.75, 3.05) is 0 Å². The minimum absolute atomic E-state index is 0.228. The Kier molecular flexibility index (Phi) is 20.3. The molecule has 0 saturated heterocycles. The summed E-state index contributed by atoms with van der Waals surface area (Å²) in [4.78, 5) is 26.5. The van der Waals surface area contributed by atoms with Crippen LogP contribution >= 0.6 is 0 Å². The lowest BCUT2D eigenvalue weighted by atomic mass is 9.61. The molecule has 1 saturated carbocycles. The van der Waals surface area contributed by atoms with Gasteiger partial charge in [-0.25, -0.2) is 0 Å². The van der Waals surface area contributed by atoms with Crippen LogP contribution in [0.15, 0.2) is 0 Å². The smallest absolute Gasteiger partial charge is 0.190 e. The van der Waals surface area contributed by atoms with Gasteiger partial charge in [-0.2, -0.15) is 0 Å². The molecule has 0 aromatic carbocycles. The van der Waals surface area contributed by atoms with Crippen LogP contribution in [0.25, 0.3) is 0 Å². The zero-order valence-corrected chi connectivity index (χ0v) is 26.8. The normalized spacial score (nSPS) is 27.8. The van der Waals surface area contributed by atoms with E-state index in [0.717, 1.165) is 38.5 Å². The van der Waals surface area contributed by atoms with Gasteiger partial charge in [-0.15, -0.1) is 0 Å². The second-order valence-electron chi connectivity index (χ2n) is 12.8. The van der Waals surface area contributed by atoms with Crippen molar-refractivity contribution in [3.63, 3.8) is 0 Å². The molecule has 0 radical (unpaired) electrons. The molecule has 0 aromatic heterocycles. The van der Waals surface area contributed by atoms with E-state index in [0.29, 0.717) is 25.7 Å². The summed E-state index contributed by atoms with van der Waals surface area (Å²) < 4.78 is 0. The van der Waals surface area contributed by atoms with Gasteiger partial charge in [0.05, 0.1) is 0 Å². The zero-order chi connectivity index (χ0) is 31.4. The average Bonchev–Trinajstić information content (AvgIpc) is 2.99. The molecule has 1 aliphatic rings. The van der Waals surface area contributed by atoms with Gasteiger partial charge in [0.1, 0.15) is 24.4 Å². The van der Waals surface area contributed by atoms with E-state index in [1.54, 1.807) is 0 Å². The van der Waals surface area contributed by atoms with Crippen molar-refractivity contribution >= 4 is 11.6 Å². The highest BCUT2D eigenvalue weighted by atomic mass is 16.4. The molecule has 0 aromatic rings. The number of unbranched alkanes of at least 4 members (excludes halogenated alkanes) is 20. The molecule has 6 N–H and O–H groups in total. The Hall–Kier alpha value is -0.900. The summed E-state index contributed by atoms with van der Waals surface area (Å²) in [6.07, 6.45) is 13.9. The summed E-state index contributed by atoms with van der Waals surface area (Å²) in [5, 5.41) is 64.6. The van der Waals surface area contributed by atoms with Gasteiger partial charge >= 0.3 is 0 Å². The lowest BCUT2D eigenvalue weighted by Crippen LogP contribution is -2.82. The zero-order valence-electron chi connectivity index (χ0n) is 26.8. The fourth-order valence-electron chi connectivity index (χ4n) is 6.35. The fraction of sp³-hybridized carbons (Fsp3) is 0.941. The Balaban J connectivity index is 2.58. The number of carbonyl (C=O) groups is 2. The molecule has 42 heavy (non-hydrogen) atoms. The molecule has 1 aliphatic carbocycles. The number of hydrogen-bond acceptors (Lipinski definition) is 8. The van der Waals surface area contributed by atoms with Gasteiger partial charge in [0, 0.05) is 12.8 Å². The molecule has 0 spiro atoms. The summed E-state index contributed by atoms with van der Waals surface area (Å²) in [6, 6.07) is 0. The minimum Gasteiger partial charge on any atom is -0.387 e. The maximum atomic E-state index is 13.2. The lowest BCUT2D eigenvalue weighted by Gasteiger charge is -2.53. The molecule has 1 rings (SSSR count). The van der Waals surface area contributed by atoms with Gasteiger partial charge < -0.3 is 30.6 Å². The predicted molar refractivity (Wildman–Crippen MR) is 166 cm³/mol. The van der Waals surface area contributed by atoms with Gasteiger partial charge in [-0.05, 0) is 12.8 Å². The number of carbonyl (C=O) groups excluding carboxylic acids is 2. The van der Waals surface area contributed by atoms with E-state index in [1.165, 1.54) is 77.0 Å². The van der Waals surface area contributed by atoms with Gasteiger partial charge in [0.25, 0.3) is 0 Å². The topological polar surface area (TPSA) is 156 Å². The van der Waals surface area contributed by atoms with Crippen LogP contribution in [0.2, 0.25) is 0 Å². The summed E-state index contributed by atoms with van der Waals surface area (Å²) in [6.45, 7) is 4.40. The Morgan fingerprint density at radius 1 is 0.429 bits per heavy atom. The van der Waals surface area contributed by atoms with E-state index in [2.05, 4.69) is 13.8 Å². The van der Waals surface area contributed by atoms with Gasteiger partial charge in [-0.3, -0.25) is 9.59 Å². The Bertz CT molecular complexity index is 670. The van der Waals surface area contributed by atoms with Crippen molar-refractivity contribution in [2.24, 2.45) is 0 Å². The fourth-order valence-corrected chi connectivity index (χ4v) is 6.35. The molecule has 6 atom stereocenters. The number of hydrogen-bond donors (Lipinski definition) is 6. The first-order chi connectivity index (χ1) is 20.1. The third-order valence-corrected chi connectivity index (χ3v) is 9.30. The van der Waals surface area contributed by atoms with Crippen molar-refractivity contribution in [3.8, 4) is 0 Å². The molecule has 248 valence electrons. The molecule has 1 fully saturated rings. The highest BCUT2D eigenvalue weighted by Gasteiger charge is 2.72. The van der Waals surface area contributed by atoms with Crippen LogP contribution in [-0.2, 0) is 9.59 Å². The van der Waals surface area contributed by atoms with E-state index in [1.807, 2.05) is 0 Å². The first kappa shape index (κ1) is 39.1. The summed E-state index contributed by atoms with van der Waals surface area (Å²) >= 11 is 0. The van der Waals surface area contributed by atoms with Gasteiger partial charge in [-0.1, -0.05) is 142 Å². The van der Waals surface area contributed by atoms with E-state index in [-0.39, 0.29) is 12.8 Å². The first-order valence-electron chi connectivity index (χ1n) is 17.3. The number of aliphatic hydroxyl groups is 6. The number of Topliss-reactive ketones (excluding diaryl/α,β-unsaturated/α-hetero) is 2. The number of ketones is 2. The number of rotatable bonds is 26. The maximum Gasteiger partial charge on any atom is 0.190 e. The van der Waals surface area contributed by atoms with Crippen LogP contribution in [0.1, 0.15) is 168 Å². The van der Waals surface area contributed by atoms with E-state index in [9.17, 15) is 40.2 Å². The van der Waals surface area contributed by atoms with Crippen LogP contribution in [-0.4, -0.2) is 77.8 Å². The maximum absolute atomic E-state index is 13.2. The number of aliphatic hydroxyl groups excluding tert-OH is 4. The second-order valence-corrected chi connectivity index (χ2v) is 12.8. The Morgan fingerprint density at radius 3 is 0.881 bits per heavy atom. The van der Waals surface area contributed by atoms with Crippen LogP contribution in [0.3, 0.4) is 0 Å². The average molecular weight is 601 g/mol. The van der Waals surface area contributed by atoms with Crippen molar-refractivity contribution in [1.82, 2.24) is 0 Å². The first-order valence-corrected chi connectivity index (χ1v) is 17.3. The highest BCUT2D eigenvalue weighted by molar-refractivity contribution is 6.00. The molecule has 0 amide bonds. The SMILES string of the molecule is CCCCCCCCCCCCCC(=O)C1(O)C(O)C(O)C(O)C(O)C1(O)C(=O)CCCCCCCCCCCCC. The quantitative estimate of drug-likeness (QED) is 0.0717. The van der Waals surface area contributed by atoms with E-state index in [4.69, 9.17) is 0 Å². The minimum atomic E-state index is -3.11. The van der Waals surface area contributed by atoms with Gasteiger partial charge in [0.2, 0.25) is 0 Å². The van der Waals surface area contributed by atoms with Crippen molar-refractivity contribution < 1.29 is 40.2 Å². The Morgan fingerprint density at radius 2 is 0.643 bits per heavy atom. The monoisotopic (exact) mass is 600 g/mol. The van der Waals surface area contributed by atoms with Crippen LogP contribution < -0.4 is 0 Å². The molecule has 8 nitrogen and oxygen atoms in total. The Labute approximate surface area is 255 Å². The summed E-state index contributed by atoms with van der Waals surface area (Å²) in [7, 11) is 0. The van der Waals surface area contributed by atoms with Crippen molar-refractivity contribution in [3.05, 3.63) is 0 Å². The standard InChI is InChI=1S/C34H64O8/c1-3-5-7-9-11-13-15-17-19-21-23-25-27(35)33(41)31(39)29(37)30(38)32(40)34(33,42)28(36)26-24-22-20-18-16-14-12-10-8-6-4-2/h29-32,37-42H,3-26H2,1-2H3. The summed E-state index contributed by atoms with van der Waals surface area (Å²) in [5.74, 6) is -2.02.